The number of nitrogens with one attached hydrogen (secondary N) is 2. The molecule has 5 nitrogen and oxygen atoms in total. The standard InChI is InChI=1S/C8H12N2O3S/c1-2-6-14(12,13)10-7-4-3-5-9-8(7)11/h3-5,10H,2,6H2,1H3,(H,9,11). The van der Waals surface area contributed by atoms with Gasteiger partial charge < -0.3 is 4.98 Å². The van der Waals surface area contributed by atoms with Crippen LogP contribution < -0.4 is 10.3 Å². The number of hydrogen-bond donors (Lipinski definition) is 2. The molecule has 0 atom stereocenters. The van der Waals surface area contributed by atoms with Crippen LogP contribution in [0.15, 0.2) is 23.1 Å². The fraction of sp³-hybridized carbons (Fsp3) is 0.375. The largest absolute Gasteiger partial charge is 0.327 e. The minimum atomic E-state index is -3.38. The molecule has 0 aliphatic carbocycles. The Bertz CT molecular complexity index is 450. The van der Waals surface area contributed by atoms with Crippen molar-refractivity contribution < 1.29 is 8.42 Å². The van der Waals surface area contributed by atoms with E-state index < -0.39 is 15.6 Å². The number of rotatable bonds is 4. The minimum absolute atomic E-state index is 0.0152. The van der Waals surface area contributed by atoms with Gasteiger partial charge in [0, 0.05) is 6.20 Å². The zero-order chi connectivity index (χ0) is 10.6. The number of hydrogen-bond acceptors (Lipinski definition) is 3. The van der Waals surface area contributed by atoms with Crippen molar-refractivity contribution in [3.8, 4) is 0 Å². The highest BCUT2D eigenvalue weighted by atomic mass is 32.2. The van der Waals surface area contributed by atoms with Gasteiger partial charge in [0.05, 0.1) is 5.75 Å². The van der Waals surface area contributed by atoms with E-state index in [9.17, 15) is 13.2 Å². The summed E-state index contributed by atoms with van der Waals surface area (Å²) in [6.07, 6.45) is 1.96. The first-order valence-electron chi connectivity index (χ1n) is 4.23. The predicted molar refractivity (Wildman–Crippen MR) is 54.8 cm³/mol. The van der Waals surface area contributed by atoms with E-state index in [1.54, 1.807) is 13.0 Å². The van der Waals surface area contributed by atoms with E-state index in [0.29, 0.717) is 6.42 Å². The fourth-order valence-corrected chi connectivity index (χ4v) is 2.12. The molecule has 1 heterocycles. The highest BCUT2D eigenvalue weighted by Crippen LogP contribution is 2.01. The van der Waals surface area contributed by atoms with Gasteiger partial charge in [-0.15, -0.1) is 0 Å². The number of aromatic amines is 1. The molecule has 0 unspecified atom stereocenters. The Morgan fingerprint density at radius 1 is 1.50 bits per heavy atom. The summed E-state index contributed by atoms with van der Waals surface area (Å²) in [5.41, 5.74) is -0.381. The number of pyridine rings is 1. The molecule has 6 heteroatoms. The van der Waals surface area contributed by atoms with Crippen LogP contribution in [0.1, 0.15) is 13.3 Å². The van der Waals surface area contributed by atoms with Crippen LogP contribution in [-0.2, 0) is 10.0 Å². The third-order valence-corrected chi connectivity index (χ3v) is 3.03. The summed E-state index contributed by atoms with van der Waals surface area (Å²) in [4.78, 5) is 13.5. The molecule has 0 fully saturated rings. The first-order valence-corrected chi connectivity index (χ1v) is 5.88. The summed E-state index contributed by atoms with van der Waals surface area (Å²) in [7, 11) is -3.38. The molecule has 1 aromatic heterocycles. The molecule has 0 aromatic carbocycles. The van der Waals surface area contributed by atoms with E-state index >= 15 is 0 Å². The maximum Gasteiger partial charge on any atom is 0.272 e. The van der Waals surface area contributed by atoms with Crippen LogP contribution in [0.2, 0.25) is 0 Å². The molecule has 78 valence electrons. The van der Waals surface area contributed by atoms with Crippen molar-refractivity contribution in [2.45, 2.75) is 13.3 Å². The zero-order valence-corrected chi connectivity index (χ0v) is 8.60. The molecule has 0 spiro atoms. The minimum Gasteiger partial charge on any atom is -0.327 e. The van der Waals surface area contributed by atoms with Gasteiger partial charge in [0.15, 0.2) is 0 Å². The normalized spacial score (nSPS) is 11.2. The smallest absolute Gasteiger partial charge is 0.272 e. The van der Waals surface area contributed by atoms with Crippen LogP contribution in [0.3, 0.4) is 0 Å². The molecule has 14 heavy (non-hydrogen) atoms. The van der Waals surface area contributed by atoms with Gasteiger partial charge >= 0.3 is 0 Å². The van der Waals surface area contributed by atoms with Gasteiger partial charge in [-0.1, -0.05) is 6.92 Å². The second-order valence-electron chi connectivity index (χ2n) is 2.83. The molecule has 0 saturated carbocycles. The molecule has 2 N–H and O–H groups in total. The second-order valence-corrected chi connectivity index (χ2v) is 4.68. The van der Waals surface area contributed by atoms with Gasteiger partial charge in [0.25, 0.3) is 5.56 Å². The van der Waals surface area contributed by atoms with E-state index in [1.165, 1.54) is 12.3 Å². The maximum absolute atomic E-state index is 11.3. The third kappa shape index (κ3) is 2.88. The molecule has 1 rings (SSSR count). The molecule has 0 aliphatic heterocycles. The summed E-state index contributed by atoms with van der Waals surface area (Å²) in [6, 6.07) is 2.98. The second kappa shape index (κ2) is 4.28. The van der Waals surface area contributed by atoms with Crippen LogP contribution in [-0.4, -0.2) is 19.2 Å². The monoisotopic (exact) mass is 216 g/mol. The Hall–Kier alpha value is -1.30. The Labute approximate surface area is 82.2 Å². The third-order valence-electron chi connectivity index (χ3n) is 1.56. The molecule has 0 aliphatic rings. The van der Waals surface area contributed by atoms with Crippen LogP contribution in [0.4, 0.5) is 5.69 Å². The van der Waals surface area contributed by atoms with Crippen LogP contribution in [0.5, 0.6) is 0 Å². The van der Waals surface area contributed by atoms with E-state index in [0.717, 1.165) is 0 Å². The average molecular weight is 216 g/mol. The topological polar surface area (TPSA) is 79.0 Å². The van der Waals surface area contributed by atoms with Crippen LogP contribution >= 0.6 is 0 Å². The van der Waals surface area contributed by atoms with E-state index in [-0.39, 0.29) is 11.4 Å². The zero-order valence-electron chi connectivity index (χ0n) is 7.78. The van der Waals surface area contributed by atoms with Crippen LogP contribution in [0.25, 0.3) is 0 Å². The number of aromatic nitrogens is 1. The van der Waals surface area contributed by atoms with Crippen molar-refractivity contribution in [2.24, 2.45) is 0 Å². The SMILES string of the molecule is CCCS(=O)(=O)Nc1ccc[nH]c1=O. The summed E-state index contributed by atoms with van der Waals surface area (Å²) in [5, 5.41) is 0. The lowest BCUT2D eigenvalue weighted by Crippen LogP contribution is -2.21. The van der Waals surface area contributed by atoms with Gasteiger partial charge in [-0.25, -0.2) is 8.42 Å². The summed E-state index contributed by atoms with van der Waals surface area (Å²) >= 11 is 0. The maximum atomic E-state index is 11.3. The predicted octanol–water partition coefficient (Wildman–Crippen LogP) is 0.527. The molecule has 0 bridgehead atoms. The van der Waals surface area contributed by atoms with Gasteiger partial charge in [0.2, 0.25) is 10.0 Å². The Morgan fingerprint density at radius 3 is 2.79 bits per heavy atom. The van der Waals surface area contributed by atoms with Crippen LogP contribution in [0, 0.1) is 0 Å². The first kappa shape index (κ1) is 10.8. The van der Waals surface area contributed by atoms with Crippen molar-refractivity contribution in [1.29, 1.82) is 0 Å². The summed E-state index contributed by atoms with van der Waals surface area (Å²) in [5.74, 6) is 0.0152. The fourth-order valence-electron chi connectivity index (χ4n) is 0.989. The molecule has 0 saturated heterocycles. The molecule has 1 aromatic rings. The highest BCUT2D eigenvalue weighted by Gasteiger charge is 2.10. The lowest BCUT2D eigenvalue weighted by molar-refractivity contribution is 0.600. The van der Waals surface area contributed by atoms with E-state index in [4.69, 9.17) is 0 Å². The van der Waals surface area contributed by atoms with Crippen molar-refractivity contribution in [1.82, 2.24) is 4.98 Å². The number of anilines is 1. The molecular formula is C8H12N2O3S. The van der Waals surface area contributed by atoms with Crippen molar-refractivity contribution in [3.63, 3.8) is 0 Å². The molecular weight excluding hydrogens is 204 g/mol. The number of sulfonamides is 1. The lowest BCUT2D eigenvalue weighted by atomic mass is 10.4. The van der Waals surface area contributed by atoms with Gasteiger partial charge in [0.1, 0.15) is 5.69 Å². The summed E-state index contributed by atoms with van der Waals surface area (Å²) in [6.45, 7) is 1.76. The Morgan fingerprint density at radius 2 is 2.21 bits per heavy atom. The molecule has 0 amide bonds. The van der Waals surface area contributed by atoms with Crippen molar-refractivity contribution >= 4 is 15.7 Å². The lowest BCUT2D eigenvalue weighted by Gasteiger charge is -2.04. The van der Waals surface area contributed by atoms with Gasteiger partial charge in [-0.2, -0.15) is 0 Å². The van der Waals surface area contributed by atoms with Crippen molar-refractivity contribution in [3.05, 3.63) is 28.7 Å². The average Bonchev–Trinajstić information content (AvgIpc) is 2.08. The van der Waals surface area contributed by atoms with Gasteiger partial charge in [-0.05, 0) is 18.6 Å². The van der Waals surface area contributed by atoms with Crippen molar-refractivity contribution in [2.75, 3.05) is 10.5 Å². The molecule has 0 radical (unpaired) electrons. The highest BCUT2D eigenvalue weighted by molar-refractivity contribution is 7.92. The van der Waals surface area contributed by atoms with Gasteiger partial charge in [-0.3, -0.25) is 9.52 Å². The summed E-state index contributed by atoms with van der Waals surface area (Å²) < 4.78 is 24.8. The quantitative estimate of drug-likeness (QED) is 0.770. The Balaban J connectivity index is 2.90. The van der Waals surface area contributed by atoms with E-state index in [1.807, 2.05) is 0 Å². The number of H-pyrrole nitrogens is 1. The van der Waals surface area contributed by atoms with E-state index in [2.05, 4.69) is 9.71 Å². The Kier molecular flexibility index (Phi) is 3.29. The first-order chi connectivity index (χ1) is 6.55.